The highest BCUT2D eigenvalue weighted by molar-refractivity contribution is 7.89. The molecule has 0 aliphatic carbocycles. The van der Waals surface area contributed by atoms with E-state index in [1.807, 2.05) is 0 Å². The third-order valence-corrected chi connectivity index (χ3v) is 6.16. The molecule has 0 aromatic heterocycles. The molecule has 0 radical (unpaired) electrons. The van der Waals surface area contributed by atoms with Crippen molar-refractivity contribution < 1.29 is 26.5 Å². The van der Waals surface area contributed by atoms with Crippen molar-refractivity contribution in [3.63, 3.8) is 0 Å². The molecule has 0 bridgehead atoms. The Morgan fingerprint density at radius 1 is 1.15 bits per heavy atom. The van der Waals surface area contributed by atoms with E-state index in [1.54, 1.807) is 0 Å². The average molecular weight is 415 g/mol. The predicted octanol–water partition coefficient (Wildman–Crippen LogP) is 1.29. The molecule has 2 rings (SSSR count). The molecule has 0 spiro atoms. The van der Waals surface area contributed by atoms with Crippen LogP contribution in [-0.2, 0) is 20.0 Å². The zero-order valence-corrected chi connectivity index (χ0v) is 16.0. The summed E-state index contributed by atoms with van der Waals surface area (Å²) in [7, 11) is -6.87. The van der Waals surface area contributed by atoms with E-state index in [4.69, 9.17) is 9.88 Å². The number of sulfonamides is 2. The lowest BCUT2D eigenvalue weighted by Gasteiger charge is -2.16. The van der Waals surface area contributed by atoms with Crippen molar-refractivity contribution in [2.45, 2.75) is 22.8 Å². The molecule has 10 nitrogen and oxygen atoms in total. The Bertz CT molecular complexity index is 1080. The van der Waals surface area contributed by atoms with E-state index in [0.29, 0.717) is 5.56 Å². The van der Waals surface area contributed by atoms with E-state index in [-0.39, 0.29) is 21.2 Å². The Hall–Kier alpha value is -2.54. The predicted molar refractivity (Wildman–Crippen MR) is 96.2 cm³/mol. The summed E-state index contributed by atoms with van der Waals surface area (Å²) in [5, 5.41) is 15.9. The van der Waals surface area contributed by atoms with Gasteiger partial charge in [-0.05, 0) is 30.7 Å². The molecule has 0 fully saturated rings. The number of nitro groups is 1. The van der Waals surface area contributed by atoms with Gasteiger partial charge in [0.2, 0.25) is 20.0 Å². The molecule has 0 aliphatic heterocycles. The van der Waals surface area contributed by atoms with Crippen LogP contribution in [-0.4, -0.2) is 28.9 Å². The van der Waals surface area contributed by atoms with Gasteiger partial charge in [-0.3, -0.25) is 10.1 Å². The molecule has 27 heavy (non-hydrogen) atoms. The minimum atomic E-state index is -4.12. The van der Waals surface area contributed by atoms with E-state index in [0.717, 1.165) is 18.2 Å². The van der Waals surface area contributed by atoms with E-state index < -0.39 is 31.0 Å². The van der Waals surface area contributed by atoms with Crippen LogP contribution in [0.5, 0.6) is 5.75 Å². The highest BCUT2D eigenvalue weighted by Gasteiger charge is 2.25. The molecule has 146 valence electrons. The van der Waals surface area contributed by atoms with E-state index in [1.165, 1.54) is 38.3 Å². The second kappa shape index (κ2) is 7.60. The minimum absolute atomic E-state index is 0.154. The van der Waals surface area contributed by atoms with Crippen LogP contribution in [0.3, 0.4) is 0 Å². The Balaban J connectivity index is 2.38. The second-order valence-electron chi connectivity index (χ2n) is 5.55. The number of rotatable bonds is 7. The van der Waals surface area contributed by atoms with Crippen LogP contribution in [0.2, 0.25) is 0 Å². The van der Waals surface area contributed by atoms with Crippen molar-refractivity contribution in [3.8, 4) is 5.75 Å². The van der Waals surface area contributed by atoms with Gasteiger partial charge in [0.25, 0.3) is 5.69 Å². The molecule has 0 saturated heterocycles. The summed E-state index contributed by atoms with van der Waals surface area (Å²) in [6.45, 7) is 1.51. The molecule has 2 aromatic rings. The molecule has 12 heteroatoms. The zero-order valence-electron chi connectivity index (χ0n) is 14.3. The van der Waals surface area contributed by atoms with Gasteiger partial charge in [0.1, 0.15) is 10.6 Å². The number of hydrogen-bond acceptors (Lipinski definition) is 7. The molecular formula is C15H17N3O7S2. The van der Waals surface area contributed by atoms with Crippen molar-refractivity contribution in [1.82, 2.24) is 4.72 Å². The van der Waals surface area contributed by atoms with Crippen molar-refractivity contribution in [3.05, 3.63) is 58.1 Å². The van der Waals surface area contributed by atoms with Crippen molar-refractivity contribution in [2.24, 2.45) is 5.14 Å². The highest BCUT2D eigenvalue weighted by atomic mass is 32.2. The number of benzene rings is 2. The Morgan fingerprint density at radius 3 is 2.37 bits per heavy atom. The topological polar surface area (TPSA) is 159 Å². The summed E-state index contributed by atoms with van der Waals surface area (Å²) in [6, 6.07) is 7.82. The van der Waals surface area contributed by atoms with Gasteiger partial charge in [0, 0.05) is 12.1 Å². The van der Waals surface area contributed by atoms with Gasteiger partial charge < -0.3 is 4.74 Å². The molecular weight excluding hydrogens is 398 g/mol. The first-order valence-electron chi connectivity index (χ1n) is 7.43. The summed E-state index contributed by atoms with van der Waals surface area (Å²) in [5.41, 5.74) is 0.0469. The maximum atomic E-state index is 12.7. The molecule has 3 N–H and O–H groups in total. The molecule has 0 saturated carbocycles. The number of nitrogens with one attached hydrogen (secondary N) is 1. The second-order valence-corrected chi connectivity index (χ2v) is 8.80. The Kier molecular flexibility index (Phi) is 5.85. The van der Waals surface area contributed by atoms with Gasteiger partial charge in [0.15, 0.2) is 0 Å². The summed E-state index contributed by atoms with van der Waals surface area (Å²) >= 11 is 0. The largest absolute Gasteiger partial charge is 0.495 e. The fraction of sp³-hybridized carbons (Fsp3) is 0.200. The molecule has 1 atom stereocenters. The number of non-ortho nitro benzene ring substituents is 1. The maximum Gasteiger partial charge on any atom is 0.273 e. The Morgan fingerprint density at radius 2 is 1.81 bits per heavy atom. The number of ether oxygens (including phenoxy) is 1. The third-order valence-electron chi connectivity index (χ3n) is 3.67. The van der Waals surface area contributed by atoms with Crippen LogP contribution in [0, 0.1) is 10.1 Å². The monoisotopic (exact) mass is 415 g/mol. The van der Waals surface area contributed by atoms with Gasteiger partial charge in [-0.25, -0.2) is 26.7 Å². The first kappa shape index (κ1) is 20.8. The minimum Gasteiger partial charge on any atom is -0.495 e. The van der Waals surface area contributed by atoms with Crippen LogP contribution >= 0.6 is 0 Å². The van der Waals surface area contributed by atoms with Gasteiger partial charge in [-0.15, -0.1) is 0 Å². The summed E-state index contributed by atoms with van der Waals surface area (Å²) < 4.78 is 55.5. The Labute approximate surface area is 156 Å². The van der Waals surface area contributed by atoms with Gasteiger partial charge in [-0.1, -0.05) is 12.1 Å². The number of primary sulfonamides is 1. The number of methoxy groups -OCH3 is 1. The smallest absolute Gasteiger partial charge is 0.273 e. The van der Waals surface area contributed by atoms with Crippen LogP contribution < -0.4 is 14.6 Å². The number of nitro benzene ring substituents is 1. The fourth-order valence-corrected chi connectivity index (χ4v) is 4.27. The van der Waals surface area contributed by atoms with Crippen molar-refractivity contribution in [2.75, 3.05) is 7.11 Å². The molecule has 1 unspecified atom stereocenters. The molecule has 0 amide bonds. The summed E-state index contributed by atoms with van der Waals surface area (Å²) in [6.07, 6.45) is 0. The number of hydrogen-bond donors (Lipinski definition) is 2. The first-order chi connectivity index (χ1) is 12.5. The average Bonchev–Trinajstić information content (AvgIpc) is 2.60. The SMILES string of the molecule is COc1cc([N+](=O)[O-])ccc1S(=O)(=O)NC(C)c1cccc(S(N)(=O)=O)c1. The van der Waals surface area contributed by atoms with E-state index in [9.17, 15) is 26.9 Å². The van der Waals surface area contributed by atoms with Crippen LogP contribution in [0.15, 0.2) is 52.3 Å². The van der Waals surface area contributed by atoms with Crippen LogP contribution in [0.25, 0.3) is 0 Å². The maximum absolute atomic E-state index is 12.7. The quantitative estimate of drug-likeness (QED) is 0.509. The van der Waals surface area contributed by atoms with Gasteiger partial charge in [0.05, 0.1) is 23.0 Å². The highest BCUT2D eigenvalue weighted by Crippen LogP contribution is 2.29. The third kappa shape index (κ3) is 4.80. The normalized spacial score (nSPS) is 13.1. The summed E-state index contributed by atoms with van der Waals surface area (Å²) in [5.74, 6) is -0.192. The van der Waals surface area contributed by atoms with Gasteiger partial charge in [-0.2, -0.15) is 0 Å². The molecule has 2 aromatic carbocycles. The lowest BCUT2D eigenvalue weighted by Crippen LogP contribution is -2.27. The number of nitrogens with zero attached hydrogens (tertiary/aromatic N) is 1. The lowest BCUT2D eigenvalue weighted by molar-refractivity contribution is -0.385. The molecule has 0 aliphatic rings. The lowest BCUT2D eigenvalue weighted by atomic mass is 10.1. The standard InChI is InChI=1S/C15H17N3O7S2/c1-10(11-4-3-5-13(8-11)26(16,21)22)17-27(23,24)15-7-6-12(18(19)20)9-14(15)25-2/h3-10,17H,1-2H3,(H2,16,21,22). The first-order valence-corrected chi connectivity index (χ1v) is 10.5. The van der Waals surface area contributed by atoms with Gasteiger partial charge >= 0.3 is 0 Å². The number of nitrogens with two attached hydrogens (primary N) is 1. The molecule has 0 heterocycles. The fourth-order valence-electron chi connectivity index (χ4n) is 2.32. The van der Waals surface area contributed by atoms with Crippen LogP contribution in [0.4, 0.5) is 5.69 Å². The van der Waals surface area contributed by atoms with Crippen molar-refractivity contribution >= 4 is 25.7 Å². The van der Waals surface area contributed by atoms with Crippen molar-refractivity contribution in [1.29, 1.82) is 0 Å². The van der Waals surface area contributed by atoms with E-state index in [2.05, 4.69) is 4.72 Å². The zero-order chi connectivity index (χ0) is 20.4. The van der Waals surface area contributed by atoms with Crippen LogP contribution in [0.1, 0.15) is 18.5 Å². The summed E-state index contributed by atoms with van der Waals surface area (Å²) in [4.78, 5) is 9.72. The van der Waals surface area contributed by atoms with E-state index >= 15 is 0 Å².